The summed E-state index contributed by atoms with van der Waals surface area (Å²) in [5.41, 5.74) is 0.731. The fraction of sp³-hybridized carbons (Fsp3) is 1.00. The van der Waals surface area contributed by atoms with Crippen molar-refractivity contribution in [1.29, 1.82) is 0 Å². The first-order chi connectivity index (χ1) is 6.54. The smallest absolute Gasteiger partial charge is 0.0518 e. The largest absolute Gasteiger partial charge is 0.379 e. The minimum atomic E-state index is 0.398. The van der Waals surface area contributed by atoms with Gasteiger partial charge in [-0.25, -0.2) is 0 Å². The lowest BCUT2D eigenvalue weighted by molar-refractivity contribution is 0.0720. The molecule has 1 heteroatoms. The van der Waals surface area contributed by atoms with Crippen molar-refractivity contribution in [3.8, 4) is 0 Å². The van der Waals surface area contributed by atoms with Crippen LogP contribution in [0.2, 0.25) is 0 Å². The predicted octanol–water partition coefficient (Wildman–Crippen LogP) is 4.02. The lowest BCUT2D eigenvalue weighted by atomic mass is 9.90. The van der Waals surface area contributed by atoms with Crippen LogP contribution >= 0.6 is 0 Å². The molecule has 1 aliphatic carbocycles. The molecule has 0 amide bonds. The van der Waals surface area contributed by atoms with Gasteiger partial charge < -0.3 is 4.74 Å². The highest BCUT2D eigenvalue weighted by molar-refractivity contribution is 4.93. The molecule has 1 rings (SSSR count). The van der Waals surface area contributed by atoms with E-state index in [9.17, 15) is 0 Å². The van der Waals surface area contributed by atoms with Crippen LogP contribution in [-0.4, -0.2) is 12.7 Å². The van der Waals surface area contributed by atoms with Crippen molar-refractivity contribution in [3.63, 3.8) is 0 Å². The van der Waals surface area contributed by atoms with E-state index in [0.29, 0.717) is 6.10 Å². The molecule has 0 radical (unpaired) electrons. The summed E-state index contributed by atoms with van der Waals surface area (Å²) in [5.74, 6) is 0.864. The van der Waals surface area contributed by atoms with E-state index >= 15 is 0 Å². The fourth-order valence-electron chi connectivity index (χ4n) is 2.37. The van der Waals surface area contributed by atoms with E-state index in [0.717, 1.165) is 17.9 Å². The van der Waals surface area contributed by atoms with Crippen molar-refractivity contribution in [3.05, 3.63) is 0 Å². The summed E-state index contributed by atoms with van der Waals surface area (Å²) in [6, 6.07) is 0. The number of hydrogen-bond donors (Lipinski definition) is 0. The van der Waals surface area contributed by atoms with Gasteiger partial charge in [-0.2, -0.15) is 0 Å². The molecule has 14 heavy (non-hydrogen) atoms. The van der Waals surface area contributed by atoms with Gasteiger partial charge in [-0.3, -0.25) is 0 Å². The van der Waals surface area contributed by atoms with Crippen LogP contribution in [0.3, 0.4) is 0 Å². The highest BCUT2D eigenvalue weighted by Gasteiger charge is 2.41. The van der Waals surface area contributed by atoms with Gasteiger partial charge >= 0.3 is 0 Å². The molecule has 0 aliphatic heterocycles. The standard InChI is InChI=1S/C13H26O/c1-11(2)10-13(7-8-13)6-5-9-14-12(3)4/h11-12H,5-10H2,1-4H3. The first-order valence-corrected chi connectivity index (χ1v) is 6.16. The molecule has 0 saturated heterocycles. The molecule has 1 nitrogen and oxygen atoms in total. The number of hydrogen-bond acceptors (Lipinski definition) is 1. The Morgan fingerprint density at radius 1 is 1.14 bits per heavy atom. The van der Waals surface area contributed by atoms with Gasteiger partial charge in [0, 0.05) is 6.61 Å². The summed E-state index contributed by atoms with van der Waals surface area (Å²) in [5, 5.41) is 0. The van der Waals surface area contributed by atoms with Gasteiger partial charge in [0.25, 0.3) is 0 Å². The Morgan fingerprint density at radius 3 is 2.21 bits per heavy atom. The Hall–Kier alpha value is -0.0400. The van der Waals surface area contributed by atoms with Crippen LogP contribution in [0.15, 0.2) is 0 Å². The van der Waals surface area contributed by atoms with Crippen LogP contribution in [0.25, 0.3) is 0 Å². The summed E-state index contributed by atoms with van der Waals surface area (Å²) >= 11 is 0. The van der Waals surface area contributed by atoms with Crippen molar-refractivity contribution in [2.45, 2.75) is 65.9 Å². The van der Waals surface area contributed by atoms with E-state index in [-0.39, 0.29) is 0 Å². The molecule has 0 bridgehead atoms. The molecule has 0 aromatic carbocycles. The molecule has 0 N–H and O–H groups in total. The summed E-state index contributed by atoms with van der Waals surface area (Å²) in [7, 11) is 0. The van der Waals surface area contributed by atoms with Crippen LogP contribution in [0.1, 0.15) is 59.8 Å². The highest BCUT2D eigenvalue weighted by Crippen LogP contribution is 2.54. The third-order valence-electron chi connectivity index (χ3n) is 3.10. The third kappa shape index (κ3) is 4.45. The molecule has 1 fully saturated rings. The van der Waals surface area contributed by atoms with E-state index in [1.54, 1.807) is 0 Å². The van der Waals surface area contributed by atoms with Crippen LogP contribution in [0.5, 0.6) is 0 Å². The molecule has 1 saturated carbocycles. The Morgan fingerprint density at radius 2 is 1.79 bits per heavy atom. The predicted molar refractivity (Wildman–Crippen MR) is 61.4 cm³/mol. The highest BCUT2D eigenvalue weighted by atomic mass is 16.5. The third-order valence-corrected chi connectivity index (χ3v) is 3.10. The minimum absolute atomic E-state index is 0.398. The topological polar surface area (TPSA) is 9.23 Å². The Labute approximate surface area is 89.2 Å². The molecule has 0 unspecified atom stereocenters. The molecule has 0 heterocycles. The second-order valence-electron chi connectivity index (χ2n) is 5.62. The van der Waals surface area contributed by atoms with Crippen LogP contribution in [-0.2, 0) is 4.74 Å². The number of rotatable bonds is 7. The van der Waals surface area contributed by atoms with Gasteiger partial charge in [-0.1, -0.05) is 13.8 Å². The summed E-state index contributed by atoms with van der Waals surface area (Å²) in [6.07, 6.45) is 7.40. The summed E-state index contributed by atoms with van der Waals surface area (Å²) in [4.78, 5) is 0. The summed E-state index contributed by atoms with van der Waals surface area (Å²) < 4.78 is 5.57. The fourth-order valence-corrected chi connectivity index (χ4v) is 2.37. The van der Waals surface area contributed by atoms with Gasteiger partial charge in [0.1, 0.15) is 0 Å². The molecular formula is C13H26O. The van der Waals surface area contributed by atoms with Crippen LogP contribution in [0, 0.1) is 11.3 Å². The van der Waals surface area contributed by atoms with E-state index in [1.807, 2.05) is 0 Å². The monoisotopic (exact) mass is 198 g/mol. The maximum Gasteiger partial charge on any atom is 0.0518 e. The zero-order valence-electron chi connectivity index (χ0n) is 10.3. The quantitative estimate of drug-likeness (QED) is 0.561. The SMILES string of the molecule is CC(C)CC1(CCCOC(C)C)CC1. The lowest BCUT2D eigenvalue weighted by Crippen LogP contribution is -2.09. The van der Waals surface area contributed by atoms with Crippen LogP contribution in [0.4, 0.5) is 0 Å². The zero-order valence-corrected chi connectivity index (χ0v) is 10.3. The lowest BCUT2D eigenvalue weighted by Gasteiger charge is -2.17. The van der Waals surface area contributed by atoms with E-state index in [4.69, 9.17) is 4.74 Å². The first kappa shape index (κ1) is 12.0. The van der Waals surface area contributed by atoms with Gasteiger partial charge in [-0.05, 0) is 57.3 Å². The normalized spacial score (nSPS) is 19.3. The average Bonchev–Trinajstić information content (AvgIpc) is 2.78. The van der Waals surface area contributed by atoms with E-state index in [2.05, 4.69) is 27.7 Å². The molecule has 0 aromatic heterocycles. The van der Waals surface area contributed by atoms with Crippen molar-refractivity contribution in [2.75, 3.05) is 6.61 Å². The maximum absolute atomic E-state index is 5.57. The molecule has 0 spiro atoms. The molecule has 0 aromatic rings. The first-order valence-electron chi connectivity index (χ1n) is 6.16. The minimum Gasteiger partial charge on any atom is -0.379 e. The second kappa shape index (κ2) is 5.16. The molecular weight excluding hydrogens is 172 g/mol. The summed E-state index contributed by atoms with van der Waals surface area (Å²) in [6.45, 7) is 9.86. The van der Waals surface area contributed by atoms with E-state index in [1.165, 1.54) is 32.1 Å². The zero-order chi connectivity index (χ0) is 10.6. The molecule has 84 valence electrons. The average molecular weight is 198 g/mol. The molecule has 0 atom stereocenters. The van der Waals surface area contributed by atoms with Crippen molar-refractivity contribution in [1.82, 2.24) is 0 Å². The van der Waals surface area contributed by atoms with Gasteiger partial charge in [-0.15, -0.1) is 0 Å². The van der Waals surface area contributed by atoms with Gasteiger partial charge in [0.05, 0.1) is 6.10 Å². The van der Waals surface area contributed by atoms with Crippen molar-refractivity contribution in [2.24, 2.45) is 11.3 Å². The van der Waals surface area contributed by atoms with Crippen molar-refractivity contribution < 1.29 is 4.74 Å². The van der Waals surface area contributed by atoms with Crippen molar-refractivity contribution >= 4 is 0 Å². The maximum atomic E-state index is 5.57. The second-order valence-corrected chi connectivity index (χ2v) is 5.62. The molecule has 1 aliphatic rings. The van der Waals surface area contributed by atoms with Gasteiger partial charge in [0.2, 0.25) is 0 Å². The number of ether oxygens (including phenoxy) is 1. The Kier molecular flexibility index (Phi) is 4.43. The Balaban J connectivity index is 2.06. The van der Waals surface area contributed by atoms with E-state index < -0.39 is 0 Å². The van der Waals surface area contributed by atoms with Gasteiger partial charge in [0.15, 0.2) is 0 Å². The Bertz CT molecular complexity index is 157. The van der Waals surface area contributed by atoms with Crippen LogP contribution < -0.4 is 0 Å².